The number of hydrogen-bond donors (Lipinski definition) is 2. The molecule has 1 aliphatic rings. The van der Waals surface area contributed by atoms with Crippen LogP contribution in [0.15, 0.2) is 12.1 Å². The van der Waals surface area contributed by atoms with Crippen molar-refractivity contribution in [3.05, 3.63) is 23.3 Å². The smallest absolute Gasteiger partial charge is 0.305 e. The largest absolute Gasteiger partial charge is 0.481 e. The van der Waals surface area contributed by atoms with E-state index in [1.54, 1.807) is 11.9 Å². The average Bonchev–Trinajstić information content (AvgIpc) is 2.27. The molecule has 1 aliphatic heterocycles. The monoisotopic (exact) mass is 248 g/mol. The Hall–Kier alpha value is -2.04. The fourth-order valence-electron chi connectivity index (χ4n) is 2.15. The third-order valence-electron chi connectivity index (χ3n) is 3.39. The van der Waals surface area contributed by atoms with Crippen molar-refractivity contribution >= 4 is 23.3 Å². The third-order valence-corrected chi connectivity index (χ3v) is 3.39. The van der Waals surface area contributed by atoms with E-state index < -0.39 is 12.0 Å². The van der Waals surface area contributed by atoms with E-state index in [4.69, 9.17) is 5.11 Å². The van der Waals surface area contributed by atoms with Gasteiger partial charge in [-0.25, -0.2) is 0 Å². The number of fused-ring (bicyclic) bond motifs is 1. The van der Waals surface area contributed by atoms with Crippen LogP contribution in [0.1, 0.15) is 17.5 Å². The summed E-state index contributed by atoms with van der Waals surface area (Å²) in [4.78, 5) is 24.4. The minimum absolute atomic E-state index is 0.200. The highest BCUT2D eigenvalue weighted by Crippen LogP contribution is 2.34. The number of nitrogens with zero attached hydrogens (tertiary/aromatic N) is 1. The maximum absolute atomic E-state index is 11.9. The van der Waals surface area contributed by atoms with Crippen molar-refractivity contribution in [3.8, 4) is 0 Å². The number of aliphatic carboxylic acids is 1. The summed E-state index contributed by atoms with van der Waals surface area (Å²) in [6.45, 7) is 3.97. The van der Waals surface area contributed by atoms with Crippen LogP contribution in [0, 0.1) is 13.8 Å². The van der Waals surface area contributed by atoms with Gasteiger partial charge in [0.05, 0.1) is 17.8 Å². The van der Waals surface area contributed by atoms with E-state index in [1.165, 1.54) is 0 Å². The first-order valence-electron chi connectivity index (χ1n) is 5.77. The molecule has 18 heavy (non-hydrogen) atoms. The Balaban J connectivity index is 2.42. The van der Waals surface area contributed by atoms with Gasteiger partial charge in [0.2, 0.25) is 5.91 Å². The fraction of sp³-hybridized carbons (Fsp3) is 0.385. The number of rotatable bonds is 2. The van der Waals surface area contributed by atoms with Gasteiger partial charge in [-0.2, -0.15) is 0 Å². The molecule has 5 heteroatoms. The molecule has 96 valence electrons. The number of anilines is 2. The molecule has 0 aliphatic carbocycles. The van der Waals surface area contributed by atoms with Crippen molar-refractivity contribution in [2.45, 2.75) is 26.3 Å². The second-order valence-corrected chi connectivity index (χ2v) is 4.67. The molecule has 2 N–H and O–H groups in total. The second-order valence-electron chi connectivity index (χ2n) is 4.67. The van der Waals surface area contributed by atoms with Crippen LogP contribution in [0.4, 0.5) is 11.4 Å². The number of carboxylic acid groups (broad SMARTS) is 1. The number of benzene rings is 1. The van der Waals surface area contributed by atoms with Crippen LogP contribution in [-0.4, -0.2) is 30.1 Å². The summed E-state index contributed by atoms with van der Waals surface area (Å²) in [5, 5.41) is 11.6. The maximum atomic E-state index is 11.9. The van der Waals surface area contributed by atoms with Crippen LogP contribution in [-0.2, 0) is 9.59 Å². The van der Waals surface area contributed by atoms with Crippen LogP contribution in [0.2, 0.25) is 0 Å². The predicted octanol–water partition coefficient (Wildman–Crippen LogP) is 1.54. The summed E-state index contributed by atoms with van der Waals surface area (Å²) in [6, 6.07) is 3.23. The highest BCUT2D eigenvalue weighted by Gasteiger charge is 2.32. The number of aryl methyl sites for hydroxylation is 2. The molecule has 2 rings (SSSR count). The number of amides is 1. The first-order chi connectivity index (χ1) is 8.40. The van der Waals surface area contributed by atoms with Gasteiger partial charge >= 0.3 is 5.97 Å². The Kier molecular flexibility index (Phi) is 2.98. The zero-order chi connectivity index (χ0) is 13.4. The molecular weight excluding hydrogens is 232 g/mol. The lowest BCUT2D eigenvalue weighted by Crippen LogP contribution is -2.47. The van der Waals surface area contributed by atoms with E-state index >= 15 is 0 Å². The zero-order valence-corrected chi connectivity index (χ0v) is 10.7. The molecule has 0 saturated carbocycles. The first-order valence-corrected chi connectivity index (χ1v) is 5.77. The molecule has 1 aromatic carbocycles. The van der Waals surface area contributed by atoms with E-state index in [9.17, 15) is 9.59 Å². The van der Waals surface area contributed by atoms with Gasteiger partial charge < -0.3 is 15.3 Å². The van der Waals surface area contributed by atoms with Crippen LogP contribution in [0.5, 0.6) is 0 Å². The molecule has 1 heterocycles. The van der Waals surface area contributed by atoms with Gasteiger partial charge in [-0.3, -0.25) is 9.59 Å². The van der Waals surface area contributed by atoms with E-state index in [2.05, 4.69) is 5.32 Å². The molecule has 0 aromatic heterocycles. The SMILES string of the molecule is Cc1cc2c(cc1C)N(C)C(CC(=O)O)C(=O)N2. The van der Waals surface area contributed by atoms with Gasteiger partial charge in [-0.1, -0.05) is 0 Å². The Morgan fingerprint density at radius 1 is 1.39 bits per heavy atom. The van der Waals surface area contributed by atoms with Gasteiger partial charge in [0.25, 0.3) is 0 Å². The fourth-order valence-corrected chi connectivity index (χ4v) is 2.15. The number of carboxylic acids is 1. The highest BCUT2D eigenvalue weighted by atomic mass is 16.4. The topological polar surface area (TPSA) is 69.6 Å². The summed E-state index contributed by atoms with van der Waals surface area (Å²) in [5.74, 6) is -1.25. The van der Waals surface area contributed by atoms with Crippen LogP contribution < -0.4 is 10.2 Å². The lowest BCUT2D eigenvalue weighted by atomic mass is 10.0. The predicted molar refractivity (Wildman–Crippen MR) is 69.0 cm³/mol. The molecule has 0 saturated heterocycles. The third kappa shape index (κ3) is 2.03. The second kappa shape index (κ2) is 4.33. The van der Waals surface area contributed by atoms with Crippen LogP contribution in [0.25, 0.3) is 0 Å². The highest BCUT2D eigenvalue weighted by molar-refractivity contribution is 6.05. The summed E-state index contributed by atoms with van der Waals surface area (Å²) < 4.78 is 0. The zero-order valence-electron chi connectivity index (χ0n) is 10.7. The van der Waals surface area contributed by atoms with Crippen molar-refractivity contribution in [3.63, 3.8) is 0 Å². The van der Waals surface area contributed by atoms with E-state index in [-0.39, 0.29) is 12.3 Å². The lowest BCUT2D eigenvalue weighted by molar-refractivity contribution is -0.138. The number of hydrogen-bond acceptors (Lipinski definition) is 3. The van der Waals surface area contributed by atoms with Gasteiger partial charge in [-0.05, 0) is 37.1 Å². The quantitative estimate of drug-likeness (QED) is 0.832. The molecule has 1 aromatic rings. The Morgan fingerprint density at radius 3 is 2.61 bits per heavy atom. The molecule has 1 amide bonds. The van der Waals surface area contributed by atoms with Crippen molar-refractivity contribution < 1.29 is 14.7 Å². The molecule has 0 bridgehead atoms. The molecule has 1 atom stereocenters. The number of nitrogens with one attached hydrogen (secondary N) is 1. The number of carbonyl (C=O) groups excluding carboxylic acids is 1. The summed E-state index contributed by atoms with van der Waals surface area (Å²) in [7, 11) is 1.75. The van der Waals surface area contributed by atoms with E-state index in [1.807, 2.05) is 26.0 Å². The Bertz CT molecular complexity index is 525. The molecule has 0 fully saturated rings. The maximum Gasteiger partial charge on any atom is 0.305 e. The molecule has 0 spiro atoms. The Morgan fingerprint density at radius 2 is 2.00 bits per heavy atom. The number of likely N-dealkylation sites (N-methyl/N-ethyl adjacent to an activating group) is 1. The van der Waals surface area contributed by atoms with Crippen molar-refractivity contribution in [1.82, 2.24) is 0 Å². The van der Waals surface area contributed by atoms with E-state index in [0.717, 1.165) is 22.5 Å². The first kappa shape index (κ1) is 12.4. The number of carbonyl (C=O) groups is 2. The molecular formula is C13H16N2O3. The minimum atomic E-state index is -0.978. The van der Waals surface area contributed by atoms with Gasteiger partial charge in [0.1, 0.15) is 6.04 Å². The summed E-state index contributed by atoms with van der Waals surface area (Å²) in [5.41, 5.74) is 3.82. The standard InChI is InChI=1S/C13H16N2O3/c1-7-4-9-10(5-8(7)2)15(3)11(6-12(16)17)13(18)14-9/h4-5,11H,6H2,1-3H3,(H,14,18)(H,16,17). The van der Waals surface area contributed by atoms with E-state index in [0.29, 0.717) is 0 Å². The molecule has 5 nitrogen and oxygen atoms in total. The molecule has 1 unspecified atom stereocenters. The minimum Gasteiger partial charge on any atom is -0.481 e. The summed E-state index contributed by atoms with van der Waals surface area (Å²) >= 11 is 0. The van der Waals surface area contributed by atoms with Gasteiger partial charge in [0, 0.05) is 7.05 Å². The summed E-state index contributed by atoms with van der Waals surface area (Å²) in [6.07, 6.45) is -0.200. The Labute approximate surface area is 105 Å². The van der Waals surface area contributed by atoms with Crippen molar-refractivity contribution in [2.24, 2.45) is 0 Å². The van der Waals surface area contributed by atoms with Crippen molar-refractivity contribution in [2.75, 3.05) is 17.3 Å². The van der Waals surface area contributed by atoms with Gasteiger partial charge in [0.15, 0.2) is 0 Å². The lowest BCUT2D eigenvalue weighted by Gasteiger charge is -2.35. The van der Waals surface area contributed by atoms with Crippen LogP contribution >= 0.6 is 0 Å². The van der Waals surface area contributed by atoms with Crippen molar-refractivity contribution in [1.29, 1.82) is 0 Å². The van der Waals surface area contributed by atoms with Gasteiger partial charge in [-0.15, -0.1) is 0 Å². The normalized spacial score (nSPS) is 18.3. The van der Waals surface area contributed by atoms with Crippen LogP contribution in [0.3, 0.4) is 0 Å². The molecule has 0 radical (unpaired) electrons. The average molecular weight is 248 g/mol.